The second kappa shape index (κ2) is 4.35. The summed E-state index contributed by atoms with van der Waals surface area (Å²) in [4.78, 5) is 4.57. The van der Waals surface area contributed by atoms with Gasteiger partial charge < -0.3 is 9.72 Å². The van der Waals surface area contributed by atoms with Crippen LogP contribution in [-0.4, -0.2) is 16.4 Å². The van der Waals surface area contributed by atoms with E-state index in [1.54, 1.807) is 0 Å². The summed E-state index contributed by atoms with van der Waals surface area (Å²) in [6.07, 6.45) is 3.99. The predicted molar refractivity (Wildman–Crippen MR) is 75.2 cm³/mol. The fraction of sp³-hybridized carbons (Fsp3) is 0.0714. The summed E-state index contributed by atoms with van der Waals surface area (Å²) >= 11 is 6.18. The third-order valence-corrected chi connectivity index (χ3v) is 3.22. The SMILES string of the molecule is CNc1ccc2nc(-c3ccccc3Cl)cn2c1. The zero-order valence-corrected chi connectivity index (χ0v) is 10.6. The lowest BCUT2D eigenvalue weighted by Gasteiger charge is -1.99. The molecule has 0 aliphatic rings. The van der Waals surface area contributed by atoms with Gasteiger partial charge in [-0.25, -0.2) is 4.98 Å². The highest BCUT2D eigenvalue weighted by Crippen LogP contribution is 2.27. The van der Waals surface area contributed by atoms with Gasteiger partial charge in [0, 0.05) is 25.0 Å². The molecule has 0 aliphatic heterocycles. The monoisotopic (exact) mass is 257 g/mol. The molecule has 3 rings (SSSR count). The molecule has 18 heavy (non-hydrogen) atoms. The van der Waals surface area contributed by atoms with Crippen molar-refractivity contribution in [1.82, 2.24) is 9.38 Å². The molecule has 0 amide bonds. The normalized spacial score (nSPS) is 10.8. The van der Waals surface area contributed by atoms with E-state index in [0.29, 0.717) is 0 Å². The van der Waals surface area contributed by atoms with Gasteiger partial charge in [0.2, 0.25) is 0 Å². The molecular weight excluding hydrogens is 246 g/mol. The first-order chi connectivity index (χ1) is 8.78. The minimum atomic E-state index is 0.717. The van der Waals surface area contributed by atoms with Crippen molar-refractivity contribution in [2.75, 3.05) is 12.4 Å². The largest absolute Gasteiger partial charge is 0.387 e. The van der Waals surface area contributed by atoms with Gasteiger partial charge in [-0.05, 0) is 18.2 Å². The van der Waals surface area contributed by atoms with Crippen molar-refractivity contribution in [3.05, 3.63) is 53.8 Å². The average molecular weight is 258 g/mol. The smallest absolute Gasteiger partial charge is 0.137 e. The molecule has 0 bridgehead atoms. The van der Waals surface area contributed by atoms with Crippen LogP contribution in [0, 0.1) is 0 Å². The Morgan fingerprint density at radius 3 is 2.72 bits per heavy atom. The molecule has 4 heteroatoms. The van der Waals surface area contributed by atoms with E-state index in [1.807, 2.05) is 60.2 Å². The first-order valence-corrected chi connectivity index (χ1v) is 6.07. The Morgan fingerprint density at radius 1 is 1.11 bits per heavy atom. The number of halogens is 1. The van der Waals surface area contributed by atoms with Gasteiger partial charge in [0.05, 0.1) is 16.4 Å². The molecule has 1 N–H and O–H groups in total. The van der Waals surface area contributed by atoms with Crippen molar-refractivity contribution in [2.24, 2.45) is 0 Å². The fourth-order valence-corrected chi connectivity index (χ4v) is 2.17. The van der Waals surface area contributed by atoms with E-state index < -0.39 is 0 Å². The van der Waals surface area contributed by atoms with E-state index in [1.165, 1.54) is 0 Å². The van der Waals surface area contributed by atoms with E-state index >= 15 is 0 Å². The van der Waals surface area contributed by atoms with Crippen molar-refractivity contribution >= 4 is 22.9 Å². The van der Waals surface area contributed by atoms with Gasteiger partial charge in [-0.2, -0.15) is 0 Å². The maximum absolute atomic E-state index is 6.18. The van der Waals surface area contributed by atoms with Crippen LogP contribution in [0.15, 0.2) is 48.8 Å². The maximum Gasteiger partial charge on any atom is 0.137 e. The Kier molecular flexibility index (Phi) is 2.68. The number of nitrogens with zero attached hydrogens (tertiary/aromatic N) is 2. The molecule has 0 aliphatic carbocycles. The summed E-state index contributed by atoms with van der Waals surface area (Å²) in [7, 11) is 1.90. The number of hydrogen-bond donors (Lipinski definition) is 1. The van der Waals surface area contributed by atoms with E-state index in [-0.39, 0.29) is 0 Å². The van der Waals surface area contributed by atoms with Gasteiger partial charge in [0.1, 0.15) is 5.65 Å². The van der Waals surface area contributed by atoms with Gasteiger partial charge >= 0.3 is 0 Å². The molecule has 0 spiro atoms. The first-order valence-electron chi connectivity index (χ1n) is 5.69. The number of imidazole rings is 1. The van der Waals surface area contributed by atoms with E-state index in [9.17, 15) is 0 Å². The average Bonchev–Trinajstić information content (AvgIpc) is 2.81. The van der Waals surface area contributed by atoms with Crippen molar-refractivity contribution in [3.8, 4) is 11.3 Å². The second-order valence-corrected chi connectivity index (χ2v) is 4.45. The minimum Gasteiger partial charge on any atom is -0.387 e. The van der Waals surface area contributed by atoms with Gasteiger partial charge in [-0.15, -0.1) is 0 Å². The zero-order chi connectivity index (χ0) is 12.5. The summed E-state index contributed by atoms with van der Waals surface area (Å²) in [5, 5.41) is 3.82. The van der Waals surface area contributed by atoms with Gasteiger partial charge in [0.25, 0.3) is 0 Å². The molecule has 90 valence electrons. The first kappa shape index (κ1) is 11.1. The number of anilines is 1. The van der Waals surface area contributed by atoms with Crippen LogP contribution in [0.3, 0.4) is 0 Å². The molecule has 0 atom stereocenters. The number of pyridine rings is 1. The highest BCUT2D eigenvalue weighted by atomic mass is 35.5. The number of nitrogens with one attached hydrogen (secondary N) is 1. The molecule has 0 radical (unpaired) electrons. The Hall–Kier alpha value is -2.00. The second-order valence-electron chi connectivity index (χ2n) is 4.04. The van der Waals surface area contributed by atoms with E-state index in [4.69, 9.17) is 11.6 Å². The highest BCUT2D eigenvalue weighted by Gasteiger charge is 2.07. The summed E-state index contributed by atoms with van der Waals surface area (Å²) in [5.74, 6) is 0. The fourth-order valence-electron chi connectivity index (χ4n) is 1.94. The van der Waals surface area contributed by atoms with Crippen LogP contribution in [0.25, 0.3) is 16.9 Å². The lowest BCUT2D eigenvalue weighted by molar-refractivity contribution is 1.18. The van der Waals surface area contributed by atoms with Crippen molar-refractivity contribution in [1.29, 1.82) is 0 Å². The number of aromatic nitrogens is 2. The summed E-state index contributed by atoms with van der Waals surface area (Å²) in [6.45, 7) is 0. The molecule has 0 saturated carbocycles. The Morgan fingerprint density at radius 2 is 1.94 bits per heavy atom. The molecule has 3 aromatic rings. The summed E-state index contributed by atoms with van der Waals surface area (Å²) in [6, 6.07) is 11.7. The Bertz CT molecular complexity index is 703. The lowest BCUT2D eigenvalue weighted by Crippen LogP contribution is -1.90. The molecule has 2 aromatic heterocycles. The third-order valence-electron chi connectivity index (χ3n) is 2.89. The van der Waals surface area contributed by atoms with Crippen LogP contribution in [0.2, 0.25) is 5.02 Å². The number of hydrogen-bond acceptors (Lipinski definition) is 2. The number of benzene rings is 1. The topological polar surface area (TPSA) is 29.3 Å². The summed E-state index contributed by atoms with van der Waals surface area (Å²) in [5.41, 5.74) is 3.79. The number of fused-ring (bicyclic) bond motifs is 1. The molecule has 0 fully saturated rings. The van der Waals surface area contributed by atoms with Gasteiger partial charge in [-0.1, -0.05) is 29.8 Å². The maximum atomic E-state index is 6.18. The molecule has 2 heterocycles. The summed E-state index contributed by atoms with van der Waals surface area (Å²) < 4.78 is 1.99. The third kappa shape index (κ3) is 1.83. The van der Waals surface area contributed by atoms with Crippen LogP contribution in [0.4, 0.5) is 5.69 Å². The van der Waals surface area contributed by atoms with Gasteiger partial charge in [0.15, 0.2) is 0 Å². The van der Waals surface area contributed by atoms with Crippen LogP contribution >= 0.6 is 11.6 Å². The molecule has 3 nitrogen and oxygen atoms in total. The molecule has 1 aromatic carbocycles. The van der Waals surface area contributed by atoms with Crippen LogP contribution in [0.5, 0.6) is 0 Å². The predicted octanol–water partition coefficient (Wildman–Crippen LogP) is 3.70. The van der Waals surface area contributed by atoms with Crippen LogP contribution in [-0.2, 0) is 0 Å². The van der Waals surface area contributed by atoms with Crippen molar-refractivity contribution in [2.45, 2.75) is 0 Å². The highest BCUT2D eigenvalue weighted by molar-refractivity contribution is 6.33. The van der Waals surface area contributed by atoms with Crippen molar-refractivity contribution in [3.63, 3.8) is 0 Å². The minimum absolute atomic E-state index is 0.717. The standard InChI is InChI=1S/C14H12ClN3/c1-16-10-6-7-14-17-13(9-18(14)8-10)11-4-2-3-5-12(11)15/h2-9,16H,1H3. The van der Waals surface area contributed by atoms with Gasteiger partial charge in [-0.3, -0.25) is 0 Å². The van der Waals surface area contributed by atoms with Crippen molar-refractivity contribution < 1.29 is 0 Å². The van der Waals surface area contributed by atoms with Crippen LogP contribution < -0.4 is 5.32 Å². The lowest BCUT2D eigenvalue weighted by atomic mass is 10.2. The Balaban J connectivity index is 2.17. The quantitative estimate of drug-likeness (QED) is 0.759. The van der Waals surface area contributed by atoms with E-state index in [0.717, 1.165) is 27.6 Å². The van der Waals surface area contributed by atoms with Crippen LogP contribution in [0.1, 0.15) is 0 Å². The number of rotatable bonds is 2. The molecular formula is C14H12ClN3. The Labute approximate surface area is 110 Å². The van der Waals surface area contributed by atoms with E-state index in [2.05, 4.69) is 10.3 Å². The zero-order valence-electron chi connectivity index (χ0n) is 9.89. The molecule has 0 saturated heterocycles. The molecule has 0 unspecified atom stereocenters.